The number of rotatable bonds is 7. The third kappa shape index (κ3) is 3.26. The lowest BCUT2D eigenvalue weighted by atomic mass is 10.3. The standard InChI is InChI=1S/C10H16F3NO4/c1-3-14(4-2)10(13,8(11)12)17-6-7-5-16-9(15)18-7/h7-8H,3-6H2,1-2H3. The van der Waals surface area contributed by atoms with Gasteiger partial charge in [-0.1, -0.05) is 13.8 Å². The Morgan fingerprint density at radius 3 is 2.50 bits per heavy atom. The van der Waals surface area contributed by atoms with Gasteiger partial charge in [0.2, 0.25) is 0 Å². The second-order valence-corrected chi connectivity index (χ2v) is 3.69. The van der Waals surface area contributed by atoms with Gasteiger partial charge in [0.15, 0.2) is 6.10 Å². The molecular weight excluding hydrogens is 255 g/mol. The number of hydrogen-bond acceptors (Lipinski definition) is 5. The topological polar surface area (TPSA) is 48.0 Å². The van der Waals surface area contributed by atoms with Crippen LogP contribution in [0.15, 0.2) is 0 Å². The summed E-state index contributed by atoms with van der Waals surface area (Å²) in [5.41, 5.74) is 0. The van der Waals surface area contributed by atoms with Crippen molar-refractivity contribution in [1.82, 2.24) is 4.90 Å². The van der Waals surface area contributed by atoms with Crippen molar-refractivity contribution >= 4 is 6.16 Å². The Bertz CT molecular complexity index is 288. The van der Waals surface area contributed by atoms with Gasteiger partial charge in [0.05, 0.1) is 6.61 Å². The summed E-state index contributed by atoms with van der Waals surface area (Å²) >= 11 is 0. The van der Waals surface area contributed by atoms with Crippen molar-refractivity contribution in [2.75, 3.05) is 26.3 Å². The molecule has 0 aromatic carbocycles. The molecule has 1 rings (SSSR count). The third-order valence-electron chi connectivity index (χ3n) is 2.59. The van der Waals surface area contributed by atoms with Crippen LogP contribution in [0.3, 0.4) is 0 Å². The smallest absolute Gasteiger partial charge is 0.430 e. The Morgan fingerprint density at radius 1 is 1.50 bits per heavy atom. The number of nitrogens with zero attached hydrogens (tertiary/aromatic N) is 1. The lowest BCUT2D eigenvalue weighted by molar-refractivity contribution is -0.306. The quantitative estimate of drug-likeness (QED) is 0.401. The average molecular weight is 271 g/mol. The monoisotopic (exact) mass is 271 g/mol. The van der Waals surface area contributed by atoms with Gasteiger partial charge in [-0.3, -0.25) is 0 Å². The summed E-state index contributed by atoms with van der Waals surface area (Å²) in [6.07, 6.45) is -5.09. The maximum atomic E-state index is 14.1. The first-order valence-electron chi connectivity index (χ1n) is 5.63. The van der Waals surface area contributed by atoms with Crippen LogP contribution in [0.2, 0.25) is 0 Å². The second-order valence-electron chi connectivity index (χ2n) is 3.69. The van der Waals surface area contributed by atoms with Gasteiger partial charge in [0.25, 0.3) is 0 Å². The third-order valence-corrected chi connectivity index (χ3v) is 2.59. The fourth-order valence-corrected chi connectivity index (χ4v) is 1.60. The molecule has 5 nitrogen and oxygen atoms in total. The highest BCUT2D eigenvalue weighted by atomic mass is 19.3. The van der Waals surface area contributed by atoms with Crippen LogP contribution in [0.1, 0.15) is 13.8 Å². The molecule has 0 spiro atoms. The molecule has 0 bridgehead atoms. The predicted molar refractivity (Wildman–Crippen MR) is 54.9 cm³/mol. The van der Waals surface area contributed by atoms with E-state index in [1.165, 1.54) is 0 Å². The highest BCUT2D eigenvalue weighted by Gasteiger charge is 2.47. The molecule has 0 radical (unpaired) electrons. The lowest BCUT2D eigenvalue weighted by Crippen LogP contribution is -2.53. The van der Waals surface area contributed by atoms with E-state index in [0.29, 0.717) is 0 Å². The van der Waals surface area contributed by atoms with E-state index < -0.39 is 31.3 Å². The molecule has 0 aromatic rings. The van der Waals surface area contributed by atoms with Crippen molar-refractivity contribution in [3.63, 3.8) is 0 Å². The molecule has 1 fully saturated rings. The van der Waals surface area contributed by atoms with Gasteiger partial charge in [-0.2, -0.15) is 4.39 Å². The normalized spacial score (nSPS) is 23.1. The Kier molecular flexibility index (Phi) is 5.21. The second kappa shape index (κ2) is 6.24. The van der Waals surface area contributed by atoms with Crippen LogP contribution in [0.25, 0.3) is 0 Å². The van der Waals surface area contributed by atoms with Crippen molar-refractivity contribution in [2.45, 2.75) is 32.4 Å². The minimum atomic E-state index is -3.32. The molecule has 0 saturated carbocycles. The zero-order valence-corrected chi connectivity index (χ0v) is 10.2. The maximum absolute atomic E-state index is 14.1. The molecule has 106 valence electrons. The summed E-state index contributed by atoms with van der Waals surface area (Å²) in [4.78, 5) is 11.5. The van der Waals surface area contributed by atoms with Crippen LogP contribution in [0.5, 0.6) is 0 Å². The lowest BCUT2D eigenvalue weighted by Gasteiger charge is -2.35. The van der Waals surface area contributed by atoms with Crippen LogP contribution < -0.4 is 0 Å². The van der Waals surface area contributed by atoms with Crippen LogP contribution in [0.4, 0.5) is 18.0 Å². The number of carbonyl (C=O) groups is 1. The first-order valence-corrected chi connectivity index (χ1v) is 5.63. The van der Waals surface area contributed by atoms with Crippen LogP contribution in [-0.4, -0.2) is 55.9 Å². The first-order chi connectivity index (χ1) is 8.43. The highest BCUT2D eigenvalue weighted by molar-refractivity contribution is 5.61. The van der Waals surface area contributed by atoms with Gasteiger partial charge in [-0.15, -0.1) is 0 Å². The fraction of sp³-hybridized carbons (Fsp3) is 0.900. The largest absolute Gasteiger partial charge is 0.508 e. The van der Waals surface area contributed by atoms with E-state index in [1.54, 1.807) is 13.8 Å². The number of cyclic esters (lactones) is 2. The van der Waals surface area contributed by atoms with Gasteiger partial charge in [-0.25, -0.2) is 18.5 Å². The number of hydrogen-bond donors (Lipinski definition) is 0. The summed E-state index contributed by atoms with van der Waals surface area (Å²) in [5, 5.41) is 0. The minimum absolute atomic E-state index is 0.0678. The van der Waals surface area contributed by atoms with Crippen LogP contribution >= 0.6 is 0 Å². The average Bonchev–Trinajstić information content (AvgIpc) is 2.74. The fourth-order valence-electron chi connectivity index (χ4n) is 1.60. The van der Waals surface area contributed by atoms with Gasteiger partial charge in [0.1, 0.15) is 6.61 Å². The van der Waals surface area contributed by atoms with Gasteiger partial charge in [0, 0.05) is 13.1 Å². The van der Waals surface area contributed by atoms with E-state index in [4.69, 9.17) is 0 Å². The van der Waals surface area contributed by atoms with E-state index in [2.05, 4.69) is 14.2 Å². The molecule has 0 aromatic heterocycles. The molecule has 1 heterocycles. The van der Waals surface area contributed by atoms with E-state index in [-0.39, 0.29) is 19.7 Å². The summed E-state index contributed by atoms with van der Waals surface area (Å²) in [7, 11) is 0. The number of carbonyl (C=O) groups excluding carboxylic acids is 1. The molecule has 8 heteroatoms. The maximum Gasteiger partial charge on any atom is 0.508 e. The molecule has 2 unspecified atom stereocenters. The Labute approximate surface area is 103 Å². The number of alkyl halides is 3. The molecule has 2 atom stereocenters. The predicted octanol–water partition coefficient (Wildman–Crippen LogP) is 1.77. The minimum Gasteiger partial charge on any atom is -0.430 e. The molecule has 1 aliphatic heterocycles. The summed E-state index contributed by atoms with van der Waals surface area (Å²) in [6, 6.07) is 0. The van der Waals surface area contributed by atoms with Crippen LogP contribution in [0, 0.1) is 0 Å². The van der Waals surface area contributed by atoms with Crippen molar-refractivity contribution < 1.29 is 32.2 Å². The van der Waals surface area contributed by atoms with E-state index in [0.717, 1.165) is 4.90 Å². The van der Waals surface area contributed by atoms with Crippen LogP contribution in [-0.2, 0) is 14.2 Å². The summed E-state index contributed by atoms with van der Waals surface area (Å²) in [6.45, 7) is 2.61. The molecular formula is C10H16F3NO4. The van der Waals surface area contributed by atoms with E-state index >= 15 is 0 Å². The summed E-state index contributed by atoms with van der Waals surface area (Å²) < 4.78 is 53.3. The van der Waals surface area contributed by atoms with Crippen molar-refractivity contribution in [2.24, 2.45) is 0 Å². The van der Waals surface area contributed by atoms with Gasteiger partial charge < -0.3 is 14.2 Å². The van der Waals surface area contributed by atoms with Gasteiger partial charge in [-0.05, 0) is 0 Å². The Morgan fingerprint density at radius 2 is 2.11 bits per heavy atom. The number of ether oxygens (including phenoxy) is 3. The van der Waals surface area contributed by atoms with E-state index in [9.17, 15) is 18.0 Å². The van der Waals surface area contributed by atoms with Gasteiger partial charge >= 0.3 is 18.6 Å². The zero-order valence-electron chi connectivity index (χ0n) is 10.2. The Hall–Kier alpha value is -1.02. The molecule has 1 saturated heterocycles. The summed E-state index contributed by atoms with van der Waals surface area (Å²) in [5.74, 6) is -3.18. The molecule has 0 aliphatic carbocycles. The molecule has 0 N–H and O–H groups in total. The Balaban J connectivity index is 2.59. The first kappa shape index (κ1) is 15.0. The SMILES string of the molecule is CCN(CC)C(F)(OCC1COC(=O)O1)C(F)F. The molecule has 18 heavy (non-hydrogen) atoms. The van der Waals surface area contributed by atoms with Crippen molar-refractivity contribution in [1.29, 1.82) is 0 Å². The number of halogens is 3. The van der Waals surface area contributed by atoms with Crippen molar-refractivity contribution in [3.05, 3.63) is 0 Å². The highest BCUT2D eigenvalue weighted by Crippen LogP contribution is 2.27. The van der Waals surface area contributed by atoms with Crippen molar-refractivity contribution in [3.8, 4) is 0 Å². The zero-order chi connectivity index (χ0) is 13.8. The van der Waals surface area contributed by atoms with E-state index in [1.807, 2.05) is 0 Å². The molecule has 0 amide bonds. The molecule has 1 aliphatic rings.